The number of Topliss-reactive ketones (excluding diaryl/α,β-unsaturated/α-hetero) is 1. The average molecular weight is 694 g/mol. The van der Waals surface area contributed by atoms with Crippen molar-refractivity contribution in [3.63, 3.8) is 0 Å². The zero-order chi connectivity index (χ0) is 36.1. The van der Waals surface area contributed by atoms with Gasteiger partial charge in [0.05, 0.1) is 17.3 Å². The molecule has 4 aromatic rings. The van der Waals surface area contributed by atoms with E-state index in [1.165, 1.54) is 11.0 Å². The maximum absolute atomic E-state index is 15.3. The minimum absolute atomic E-state index is 0.00340. The number of unbranched alkanes of at least 4 members (excludes halogenated alkanes) is 2. The number of carboxylic acid groups (broad SMARTS) is 1. The quantitative estimate of drug-likeness (QED) is 0.110. The van der Waals surface area contributed by atoms with Crippen LogP contribution in [0.15, 0.2) is 115 Å². The Morgan fingerprint density at radius 2 is 1.50 bits per heavy atom. The van der Waals surface area contributed by atoms with Gasteiger partial charge in [0, 0.05) is 35.9 Å². The van der Waals surface area contributed by atoms with Gasteiger partial charge >= 0.3 is 5.97 Å². The summed E-state index contributed by atoms with van der Waals surface area (Å²) in [5.74, 6) is -5.45. The fourth-order valence-corrected chi connectivity index (χ4v) is 9.78. The average Bonchev–Trinajstić information content (AvgIpc) is 3.41. The number of aliphatic carboxylic acids is 1. The molecule has 0 bridgehead atoms. The lowest BCUT2D eigenvalue weighted by atomic mass is 9.44. The minimum atomic E-state index is -1.44. The number of rotatable bonds is 9. The first-order valence-electron chi connectivity index (χ1n) is 18.1. The molecular weight excluding hydrogens is 654 g/mol. The summed E-state index contributed by atoms with van der Waals surface area (Å²) < 4.78 is 0. The molecule has 6 unspecified atom stereocenters. The third kappa shape index (κ3) is 5.14. The lowest BCUT2D eigenvalue weighted by molar-refractivity contribution is -0.141. The number of amides is 2. The summed E-state index contributed by atoms with van der Waals surface area (Å²) in [6.07, 6.45) is 5.53. The number of phenolic OH excluding ortho intramolecular Hbond substituents is 1. The second-order valence-electron chi connectivity index (χ2n) is 14.5. The smallest absolute Gasteiger partial charge is 0.303 e. The standard InChI is InChI=1S/C44H39NO7/c46-35-22-19-27-14-9-10-17-29(27)39(35)40-30-20-21-31-38(43(52)45(42(31)51)23-11-3-8-18-37(48)49)33(30)24-34-41(50)32(26-12-4-1-5-13-26)25-36(47)44(34,40)28-15-6-2-7-16-28/h1-2,4-7,9-10,12-17,19-20,22,25,31,33-34,38,40,46H,3,8,11,18,21,23-24H2,(H,48,49). The van der Waals surface area contributed by atoms with Crippen LogP contribution in [0.2, 0.25) is 0 Å². The van der Waals surface area contributed by atoms with Crippen molar-refractivity contribution in [1.29, 1.82) is 0 Å². The Kier molecular flexibility index (Phi) is 8.48. The van der Waals surface area contributed by atoms with Crippen molar-refractivity contribution >= 4 is 45.7 Å². The first-order valence-corrected chi connectivity index (χ1v) is 18.1. The number of carbonyl (C=O) groups is 5. The Balaban J connectivity index is 1.32. The van der Waals surface area contributed by atoms with Crippen LogP contribution in [0.1, 0.15) is 61.1 Å². The van der Waals surface area contributed by atoms with E-state index in [1.54, 1.807) is 6.07 Å². The molecule has 0 radical (unpaired) electrons. The number of aromatic hydroxyl groups is 1. The van der Waals surface area contributed by atoms with E-state index in [2.05, 4.69) is 0 Å². The SMILES string of the molecule is O=C(O)CCCCCN1C(=O)C2CC=C3C(CC4C(=O)C(c5ccccc5)=CC(=O)C4(c4ccccc4)C3c3c(O)ccc4ccccc34)C2C1=O. The number of hydrogen-bond donors (Lipinski definition) is 2. The van der Waals surface area contributed by atoms with Crippen LogP contribution in [-0.2, 0) is 29.4 Å². The Hall–Kier alpha value is -5.63. The molecule has 2 fully saturated rings. The molecule has 8 rings (SSSR count). The van der Waals surface area contributed by atoms with Crippen LogP contribution in [0.25, 0.3) is 16.3 Å². The normalized spacial score (nSPS) is 26.8. The Labute approximate surface area is 301 Å². The van der Waals surface area contributed by atoms with E-state index < -0.39 is 41.0 Å². The molecule has 262 valence electrons. The maximum Gasteiger partial charge on any atom is 0.303 e. The van der Waals surface area contributed by atoms with Gasteiger partial charge in [-0.15, -0.1) is 0 Å². The van der Waals surface area contributed by atoms with E-state index in [4.69, 9.17) is 5.11 Å². The molecule has 4 aromatic carbocycles. The molecule has 6 atom stereocenters. The second-order valence-corrected chi connectivity index (χ2v) is 14.5. The summed E-state index contributed by atoms with van der Waals surface area (Å²) in [7, 11) is 0. The number of carboxylic acids is 1. The van der Waals surface area contributed by atoms with E-state index in [1.807, 2.05) is 97.1 Å². The van der Waals surface area contributed by atoms with Crippen LogP contribution in [0.5, 0.6) is 5.75 Å². The van der Waals surface area contributed by atoms with Crippen LogP contribution < -0.4 is 0 Å². The number of allylic oxidation sites excluding steroid dienone is 4. The highest BCUT2D eigenvalue weighted by Gasteiger charge is 2.66. The van der Waals surface area contributed by atoms with E-state index >= 15 is 9.59 Å². The third-order valence-electron chi connectivity index (χ3n) is 12.0. The summed E-state index contributed by atoms with van der Waals surface area (Å²) in [5, 5.41) is 22.5. The second kappa shape index (κ2) is 13.2. The number of imide groups is 1. The summed E-state index contributed by atoms with van der Waals surface area (Å²) in [4.78, 5) is 71.1. The van der Waals surface area contributed by atoms with Crippen molar-refractivity contribution in [2.24, 2.45) is 23.7 Å². The van der Waals surface area contributed by atoms with Gasteiger partial charge in [0.1, 0.15) is 5.75 Å². The van der Waals surface area contributed by atoms with Crippen molar-refractivity contribution < 1.29 is 34.2 Å². The van der Waals surface area contributed by atoms with Gasteiger partial charge in [-0.2, -0.15) is 0 Å². The molecule has 1 aliphatic heterocycles. The van der Waals surface area contributed by atoms with E-state index in [9.17, 15) is 19.5 Å². The van der Waals surface area contributed by atoms with Gasteiger partial charge in [-0.3, -0.25) is 28.9 Å². The first kappa shape index (κ1) is 33.5. The Morgan fingerprint density at radius 1 is 0.788 bits per heavy atom. The fourth-order valence-electron chi connectivity index (χ4n) is 9.78. The number of hydrogen-bond acceptors (Lipinski definition) is 6. The van der Waals surface area contributed by atoms with Gasteiger partial charge in [0.25, 0.3) is 0 Å². The van der Waals surface area contributed by atoms with Crippen LogP contribution in [0, 0.1) is 23.7 Å². The van der Waals surface area contributed by atoms with Crippen molar-refractivity contribution in [3.8, 4) is 5.75 Å². The van der Waals surface area contributed by atoms with Crippen LogP contribution >= 0.6 is 0 Å². The predicted molar refractivity (Wildman–Crippen MR) is 195 cm³/mol. The first-order chi connectivity index (χ1) is 25.2. The topological polar surface area (TPSA) is 129 Å². The van der Waals surface area contributed by atoms with E-state index in [0.717, 1.165) is 16.3 Å². The molecular formula is C44H39NO7. The number of phenols is 1. The molecule has 8 nitrogen and oxygen atoms in total. The number of benzene rings is 4. The third-order valence-corrected chi connectivity index (χ3v) is 12.0. The van der Waals surface area contributed by atoms with Crippen LogP contribution in [-0.4, -0.2) is 51.0 Å². The predicted octanol–water partition coefficient (Wildman–Crippen LogP) is 7.01. The number of likely N-dealkylation sites (tertiary alicyclic amines) is 1. The largest absolute Gasteiger partial charge is 0.508 e. The minimum Gasteiger partial charge on any atom is -0.508 e. The number of fused-ring (bicyclic) bond motifs is 5. The zero-order valence-corrected chi connectivity index (χ0v) is 28.6. The molecule has 1 saturated heterocycles. The van der Waals surface area contributed by atoms with Crippen molar-refractivity contribution in [1.82, 2.24) is 4.90 Å². The monoisotopic (exact) mass is 693 g/mol. The molecule has 4 aliphatic rings. The van der Waals surface area contributed by atoms with Gasteiger partial charge in [0.15, 0.2) is 11.6 Å². The van der Waals surface area contributed by atoms with Gasteiger partial charge < -0.3 is 10.2 Å². The van der Waals surface area contributed by atoms with Crippen molar-refractivity contribution in [2.75, 3.05) is 6.54 Å². The fraction of sp³-hybridized carbons (Fsp3) is 0.295. The highest BCUT2D eigenvalue weighted by molar-refractivity contribution is 6.32. The molecule has 52 heavy (non-hydrogen) atoms. The molecule has 0 spiro atoms. The number of nitrogens with zero attached hydrogens (tertiary/aromatic N) is 1. The van der Waals surface area contributed by atoms with Crippen LogP contribution in [0.4, 0.5) is 0 Å². The number of carbonyl (C=O) groups excluding carboxylic acids is 4. The molecule has 3 aliphatic carbocycles. The summed E-state index contributed by atoms with van der Waals surface area (Å²) in [5.41, 5.74) is 1.51. The zero-order valence-electron chi connectivity index (χ0n) is 28.6. The van der Waals surface area contributed by atoms with Gasteiger partial charge in [0.2, 0.25) is 11.8 Å². The highest BCUT2D eigenvalue weighted by Crippen LogP contribution is 2.65. The maximum atomic E-state index is 15.3. The van der Waals surface area contributed by atoms with Crippen LogP contribution in [0.3, 0.4) is 0 Å². The Morgan fingerprint density at radius 3 is 2.25 bits per heavy atom. The van der Waals surface area contributed by atoms with Crippen molar-refractivity contribution in [3.05, 3.63) is 131 Å². The summed E-state index contributed by atoms with van der Waals surface area (Å²) >= 11 is 0. The molecule has 0 aromatic heterocycles. The lowest BCUT2D eigenvalue weighted by Crippen LogP contribution is -2.58. The van der Waals surface area contributed by atoms with Gasteiger partial charge in [-0.25, -0.2) is 0 Å². The lowest BCUT2D eigenvalue weighted by Gasteiger charge is -2.55. The molecule has 8 heteroatoms. The Bertz CT molecular complexity index is 2190. The summed E-state index contributed by atoms with van der Waals surface area (Å²) in [6, 6.07) is 29.7. The molecule has 2 N–H and O–H groups in total. The molecule has 1 saturated carbocycles. The van der Waals surface area contributed by atoms with E-state index in [-0.39, 0.29) is 48.5 Å². The van der Waals surface area contributed by atoms with Gasteiger partial charge in [-0.1, -0.05) is 109 Å². The van der Waals surface area contributed by atoms with Crippen molar-refractivity contribution in [2.45, 2.75) is 49.9 Å². The summed E-state index contributed by atoms with van der Waals surface area (Å²) in [6.45, 7) is 0.204. The molecule has 1 heterocycles. The van der Waals surface area contributed by atoms with Gasteiger partial charge in [-0.05, 0) is 65.6 Å². The van der Waals surface area contributed by atoms with E-state index in [0.29, 0.717) is 47.9 Å². The molecule has 2 amide bonds. The number of ketones is 2. The highest BCUT2D eigenvalue weighted by atomic mass is 16.4.